The number of aromatic hydroxyl groups is 1. The van der Waals surface area contributed by atoms with E-state index < -0.39 is 11.5 Å². The molecule has 0 aliphatic heterocycles. The third-order valence-corrected chi connectivity index (χ3v) is 4.04. The molecular formula is C19H17N3O4. The molecule has 7 nitrogen and oxygen atoms in total. The van der Waals surface area contributed by atoms with Crippen LogP contribution in [0.1, 0.15) is 28.3 Å². The van der Waals surface area contributed by atoms with Crippen molar-refractivity contribution in [2.75, 3.05) is 0 Å². The number of nitrogens with zero attached hydrogens (tertiary/aromatic N) is 2. The second-order valence-electron chi connectivity index (χ2n) is 5.80. The molecule has 2 N–H and O–H groups in total. The fourth-order valence-corrected chi connectivity index (χ4v) is 2.81. The van der Waals surface area contributed by atoms with Gasteiger partial charge in [-0.25, -0.2) is 0 Å². The minimum absolute atomic E-state index is 0.0938. The summed E-state index contributed by atoms with van der Waals surface area (Å²) in [5.41, 5.74) is -0.502. The van der Waals surface area contributed by atoms with Gasteiger partial charge in [-0.1, -0.05) is 12.1 Å². The summed E-state index contributed by atoms with van der Waals surface area (Å²) in [6.45, 7) is 2.01. The van der Waals surface area contributed by atoms with Crippen LogP contribution in [0.25, 0.3) is 10.9 Å². The van der Waals surface area contributed by atoms with E-state index in [2.05, 4.69) is 5.32 Å². The Morgan fingerprint density at radius 1 is 1.31 bits per heavy atom. The van der Waals surface area contributed by atoms with Gasteiger partial charge < -0.3 is 19.4 Å². The van der Waals surface area contributed by atoms with Crippen molar-refractivity contribution in [3.8, 4) is 11.8 Å². The van der Waals surface area contributed by atoms with E-state index in [0.29, 0.717) is 22.4 Å². The van der Waals surface area contributed by atoms with E-state index in [0.717, 1.165) is 0 Å². The molecule has 2 heterocycles. The number of fused-ring (bicyclic) bond motifs is 1. The molecule has 0 radical (unpaired) electrons. The second kappa shape index (κ2) is 7.15. The molecule has 1 aromatic carbocycles. The number of furan rings is 1. The highest BCUT2D eigenvalue weighted by molar-refractivity contribution is 6.02. The molecule has 0 bridgehead atoms. The number of benzene rings is 1. The summed E-state index contributed by atoms with van der Waals surface area (Å²) in [6.07, 6.45) is 0.113. The molecule has 0 aliphatic rings. The van der Waals surface area contributed by atoms with Crippen LogP contribution in [0.2, 0.25) is 0 Å². The van der Waals surface area contributed by atoms with Gasteiger partial charge in [-0.2, -0.15) is 5.26 Å². The number of rotatable bonds is 5. The van der Waals surface area contributed by atoms with Crippen molar-refractivity contribution in [3.05, 3.63) is 63.8 Å². The number of amides is 1. The Kier molecular flexibility index (Phi) is 4.76. The van der Waals surface area contributed by atoms with Gasteiger partial charge in [0.05, 0.1) is 24.6 Å². The zero-order valence-electron chi connectivity index (χ0n) is 14.2. The van der Waals surface area contributed by atoms with Gasteiger partial charge in [0.2, 0.25) is 0 Å². The van der Waals surface area contributed by atoms with Gasteiger partial charge in [0.1, 0.15) is 22.8 Å². The van der Waals surface area contributed by atoms with Crippen LogP contribution in [0.3, 0.4) is 0 Å². The molecule has 0 aliphatic carbocycles. The van der Waals surface area contributed by atoms with Crippen molar-refractivity contribution < 1.29 is 14.3 Å². The monoisotopic (exact) mass is 351 g/mol. The number of aromatic nitrogens is 1. The maximum absolute atomic E-state index is 12.8. The van der Waals surface area contributed by atoms with E-state index in [-0.39, 0.29) is 30.8 Å². The summed E-state index contributed by atoms with van der Waals surface area (Å²) in [5.74, 6) is 0.188. The van der Waals surface area contributed by atoms with Crippen molar-refractivity contribution in [2.24, 2.45) is 0 Å². The number of carbonyl (C=O) groups is 1. The van der Waals surface area contributed by atoms with Gasteiger partial charge in [0, 0.05) is 11.9 Å². The van der Waals surface area contributed by atoms with Gasteiger partial charge in [0.15, 0.2) is 0 Å². The normalized spacial score (nSPS) is 10.6. The highest BCUT2D eigenvalue weighted by atomic mass is 16.3. The molecular weight excluding hydrogens is 334 g/mol. The van der Waals surface area contributed by atoms with Crippen molar-refractivity contribution in [3.63, 3.8) is 0 Å². The summed E-state index contributed by atoms with van der Waals surface area (Å²) in [6, 6.07) is 12.2. The Morgan fingerprint density at radius 2 is 2.08 bits per heavy atom. The highest BCUT2D eigenvalue weighted by Crippen LogP contribution is 2.26. The maximum atomic E-state index is 12.8. The lowest BCUT2D eigenvalue weighted by molar-refractivity contribution is 0.0943. The predicted molar refractivity (Wildman–Crippen MR) is 94.7 cm³/mol. The van der Waals surface area contributed by atoms with Gasteiger partial charge in [-0.05, 0) is 31.2 Å². The Morgan fingerprint density at radius 3 is 2.77 bits per heavy atom. The molecule has 3 rings (SSSR count). The highest BCUT2D eigenvalue weighted by Gasteiger charge is 2.22. The lowest BCUT2D eigenvalue weighted by atomic mass is 10.1. The summed E-state index contributed by atoms with van der Waals surface area (Å²) in [4.78, 5) is 25.3. The summed E-state index contributed by atoms with van der Waals surface area (Å²) in [7, 11) is 0. The molecule has 0 saturated heterocycles. The third-order valence-electron chi connectivity index (χ3n) is 4.04. The number of hydrogen-bond donors (Lipinski definition) is 2. The van der Waals surface area contributed by atoms with E-state index in [4.69, 9.17) is 9.68 Å². The van der Waals surface area contributed by atoms with Gasteiger partial charge in [-0.15, -0.1) is 0 Å². The van der Waals surface area contributed by atoms with E-state index in [1.54, 1.807) is 43.3 Å². The van der Waals surface area contributed by atoms with Crippen LogP contribution in [-0.2, 0) is 13.1 Å². The molecule has 0 fully saturated rings. The number of aryl methyl sites for hydroxylation is 2. The van der Waals surface area contributed by atoms with Crippen LogP contribution in [0.4, 0.5) is 0 Å². The molecule has 7 heteroatoms. The second-order valence-corrected chi connectivity index (χ2v) is 5.80. The number of nitriles is 1. The van der Waals surface area contributed by atoms with E-state index in [1.165, 1.54) is 4.57 Å². The number of nitrogens with one attached hydrogen (secondary N) is 1. The molecule has 0 atom stereocenters. The van der Waals surface area contributed by atoms with E-state index in [9.17, 15) is 14.7 Å². The average Bonchev–Trinajstić information content (AvgIpc) is 3.05. The van der Waals surface area contributed by atoms with Crippen LogP contribution in [0.5, 0.6) is 5.75 Å². The lowest BCUT2D eigenvalue weighted by Crippen LogP contribution is -2.33. The zero-order valence-corrected chi connectivity index (χ0v) is 14.2. The Balaban J connectivity index is 2.02. The SMILES string of the molecule is Cc1ccc(CNC(=O)c2c(O)c3ccccc3n(CCC#N)c2=O)o1. The van der Waals surface area contributed by atoms with Gasteiger partial charge >= 0.3 is 0 Å². The number of hydrogen-bond acceptors (Lipinski definition) is 5. The first-order valence-electron chi connectivity index (χ1n) is 8.08. The molecule has 26 heavy (non-hydrogen) atoms. The van der Waals surface area contributed by atoms with E-state index >= 15 is 0 Å². The molecule has 132 valence electrons. The number of carbonyl (C=O) groups excluding carboxylic acids is 1. The predicted octanol–water partition coefficient (Wildman–Crippen LogP) is 2.45. The van der Waals surface area contributed by atoms with Gasteiger partial charge in [-0.3, -0.25) is 9.59 Å². The first kappa shape index (κ1) is 17.3. The molecule has 0 unspecified atom stereocenters. The summed E-state index contributed by atoms with van der Waals surface area (Å²) >= 11 is 0. The van der Waals surface area contributed by atoms with Crippen LogP contribution >= 0.6 is 0 Å². The molecule has 3 aromatic rings. The van der Waals surface area contributed by atoms with E-state index in [1.807, 2.05) is 6.07 Å². The quantitative estimate of drug-likeness (QED) is 0.734. The Labute approximate surface area is 149 Å². The maximum Gasteiger partial charge on any atom is 0.267 e. The third kappa shape index (κ3) is 3.17. The van der Waals surface area contributed by atoms with Crippen LogP contribution in [0.15, 0.2) is 45.6 Å². The van der Waals surface area contributed by atoms with Gasteiger partial charge in [0.25, 0.3) is 11.5 Å². The fourth-order valence-electron chi connectivity index (χ4n) is 2.81. The number of para-hydroxylation sites is 1. The van der Waals surface area contributed by atoms with Crippen molar-refractivity contribution in [1.82, 2.24) is 9.88 Å². The van der Waals surface area contributed by atoms with Crippen LogP contribution < -0.4 is 10.9 Å². The minimum Gasteiger partial charge on any atom is -0.506 e. The largest absolute Gasteiger partial charge is 0.506 e. The first-order valence-corrected chi connectivity index (χ1v) is 8.08. The minimum atomic E-state index is -0.696. The first-order chi connectivity index (χ1) is 12.5. The molecule has 0 spiro atoms. The molecule has 1 amide bonds. The zero-order chi connectivity index (χ0) is 18.7. The molecule has 0 saturated carbocycles. The van der Waals surface area contributed by atoms with Crippen molar-refractivity contribution >= 4 is 16.8 Å². The average molecular weight is 351 g/mol. The summed E-state index contributed by atoms with van der Waals surface area (Å²) < 4.78 is 6.72. The van der Waals surface area contributed by atoms with Crippen molar-refractivity contribution in [2.45, 2.75) is 26.4 Å². The smallest absolute Gasteiger partial charge is 0.267 e. The Hall–Kier alpha value is -3.53. The molecule has 2 aromatic heterocycles. The number of pyridine rings is 1. The van der Waals surface area contributed by atoms with Crippen LogP contribution in [0, 0.1) is 18.3 Å². The van der Waals surface area contributed by atoms with Crippen molar-refractivity contribution in [1.29, 1.82) is 5.26 Å². The standard InChI is InChI=1S/C19H17N3O4/c1-12-7-8-13(26-12)11-21-18(24)16-17(23)14-5-2-3-6-15(14)22(19(16)25)10-4-9-20/h2-3,5-8,23H,4,10-11H2,1H3,(H,21,24). The summed E-state index contributed by atoms with van der Waals surface area (Å²) in [5, 5.41) is 22.3. The Bertz CT molecular complexity index is 1070. The topological polar surface area (TPSA) is 108 Å². The fraction of sp³-hybridized carbons (Fsp3) is 0.211. The lowest BCUT2D eigenvalue weighted by Gasteiger charge is -2.13. The van der Waals surface area contributed by atoms with Crippen LogP contribution in [-0.4, -0.2) is 15.6 Å².